The summed E-state index contributed by atoms with van der Waals surface area (Å²) in [7, 11) is 3.23. The normalized spacial score (nSPS) is 17.6. The minimum atomic E-state index is 0.197. The van der Waals surface area contributed by atoms with Crippen LogP contribution in [0.2, 0.25) is 0 Å². The van der Waals surface area contributed by atoms with Crippen molar-refractivity contribution >= 4 is 12.2 Å². The van der Waals surface area contributed by atoms with E-state index in [0.29, 0.717) is 22.8 Å². The van der Waals surface area contributed by atoms with Crippen LogP contribution in [0.25, 0.3) is 11.4 Å². The number of hydrogen-bond acceptors (Lipinski definition) is 5. The number of nitrogens with zero attached hydrogens (tertiary/aromatic N) is 2. The van der Waals surface area contributed by atoms with E-state index in [-0.39, 0.29) is 6.10 Å². The smallest absolute Gasteiger partial charge is 0.195 e. The Morgan fingerprint density at radius 2 is 2.18 bits per heavy atom. The largest absolute Gasteiger partial charge is 0.493 e. The van der Waals surface area contributed by atoms with Crippen LogP contribution in [-0.2, 0) is 11.3 Å². The van der Waals surface area contributed by atoms with Crippen LogP contribution in [0.4, 0.5) is 0 Å². The average molecular weight is 321 g/mol. The van der Waals surface area contributed by atoms with Crippen molar-refractivity contribution in [2.24, 2.45) is 0 Å². The van der Waals surface area contributed by atoms with Crippen molar-refractivity contribution in [3.05, 3.63) is 23.0 Å². The molecule has 0 amide bonds. The maximum absolute atomic E-state index is 5.70. The molecule has 3 rings (SSSR count). The highest BCUT2D eigenvalue weighted by Crippen LogP contribution is 2.32. The number of hydrogen-bond donors (Lipinski definition) is 1. The zero-order chi connectivity index (χ0) is 15.5. The molecule has 22 heavy (non-hydrogen) atoms. The minimum absolute atomic E-state index is 0.197. The van der Waals surface area contributed by atoms with Gasteiger partial charge in [0, 0.05) is 12.2 Å². The molecule has 0 unspecified atom stereocenters. The molecule has 0 spiro atoms. The first-order chi connectivity index (χ1) is 10.7. The fourth-order valence-electron chi connectivity index (χ4n) is 2.67. The molecule has 7 heteroatoms. The molecule has 2 heterocycles. The molecule has 1 fully saturated rings. The van der Waals surface area contributed by atoms with E-state index in [1.54, 1.807) is 14.2 Å². The second kappa shape index (κ2) is 6.50. The molecule has 0 aliphatic carbocycles. The molecule has 118 valence electrons. The number of benzene rings is 1. The van der Waals surface area contributed by atoms with Crippen LogP contribution in [0.3, 0.4) is 0 Å². The van der Waals surface area contributed by atoms with Gasteiger partial charge in [-0.2, -0.15) is 5.10 Å². The van der Waals surface area contributed by atoms with Gasteiger partial charge in [-0.25, -0.2) is 0 Å². The molecule has 6 nitrogen and oxygen atoms in total. The van der Waals surface area contributed by atoms with Gasteiger partial charge in [-0.3, -0.25) is 9.67 Å². The van der Waals surface area contributed by atoms with Crippen LogP contribution in [0, 0.1) is 4.77 Å². The number of aromatic nitrogens is 3. The van der Waals surface area contributed by atoms with Gasteiger partial charge in [-0.1, -0.05) is 0 Å². The molecule has 0 bridgehead atoms. The SMILES string of the molecule is COc1ccc(-c2n[nH]c(=S)n2C[C@@H]2CCCO2)cc1OC. The van der Waals surface area contributed by atoms with Crippen molar-refractivity contribution in [2.45, 2.75) is 25.5 Å². The number of methoxy groups -OCH3 is 2. The maximum atomic E-state index is 5.70. The third kappa shape index (κ3) is 2.86. The zero-order valence-electron chi connectivity index (χ0n) is 12.7. The second-order valence-corrected chi connectivity index (χ2v) is 5.55. The lowest BCUT2D eigenvalue weighted by atomic mass is 10.1. The van der Waals surface area contributed by atoms with Gasteiger partial charge in [0.05, 0.1) is 26.9 Å². The number of aromatic amines is 1. The second-order valence-electron chi connectivity index (χ2n) is 5.17. The van der Waals surface area contributed by atoms with Crippen molar-refractivity contribution in [3.63, 3.8) is 0 Å². The van der Waals surface area contributed by atoms with E-state index in [9.17, 15) is 0 Å². The van der Waals surface area contributed by atoms with Gasteiger partial charge in [0.1, 0.15) is 0 Å². The third-order valence-electron chi connectivity index (χ3n) is 3.81. The average Bonchev–Trinajstić information content (AvgIpc) is 3.18. The van der Waals surface area contributed by atoms with Crippen molar-refractivity contribution in [1.29, 1.82) is 0 Å². The summed E-state index contributed by atoms with van der Waals surface area (Å²) in [6.07, 6.45) is 2.35. The van der Waals surface area contributed by atoms with E-state index in [1.165, 1.54) is 0 Å². The summed E-state index contributed by atoms with van der Waals surface area (Å²) in [4.78, 5) is 0. The van der Waals surface area contributed by atoms with E-state index < -0.39 is 0 Å². The molecule has 0 saturated carbocycles. The Balaban J connectivity index is 1.96. The molecule has 2 aromatic rings. The Kier molecular flexibility index (Phi) is 4.44. The first-order valence-corrected chi connectivity index (χ1v) is 7.63. The molecule has 0 radical (unpaired) electrons. The number of nitrogens with one attached hydrogen (secondary N) is 1. The van der Waals surface area contributed by atoms with E-state index in [4.69, 9.17) is 26.4 Å². The van der Waals surface area contributed by atoms with Gasteiger partial charge in [0.15, 0.2) is 22.1 Å². The molecule has 1 aromatic carbocycles. The van der Waals surface area contributed by atoms with E-state index >= 15 is 0 Å². The highest BCUT2D eigenvalue weighted by atomic mass is 32.1. The lowest BCUT2D eigenvalue weighted by Gasteiger charge is -2.13. The fourth-order valence-corrected chi connectivity index (χ4v) is 2.88. The third-order valence-corrected chi connectivity index (χ3v) is 4.12. The maximum Gasteiger partial charge on any atom is 0.195 e. The quantitative estimate of drug-likeness (QED) is 0.858. The summed E-state index contributed by atoms with van der Waals surface area (Å²) in [6.45, 7) is 1.53. The molecule has 1 aliphatic rings. The predicted octanol–water partition coefficient (Wildman–Crippen LogP) is 2.80. The van der Waals surface area contributed by atoms with Crippen molar-refractivity contribution in [2.75, 3.05) is 20.8 Å². The summed E-state index contributed by atoms with van der Waals surface area (Å²) >= 11 is 5.35. The molecule has 1 saturated heterocycles. The van der Waals surface area contributed by atoms with Crippen LogP contribution in [0.15, 0.2) is 18.2 Å². The molecule has 1 N–H and O–H groups in total. The summed E-state index contributed by atoms with van der Waals surface area (Å²) in [6, 6.07) is 5.70. The first kappa shape index (κ1) is 15.1. The summed E-state index contributed by atoms with van der Waals surface area (Å²) in [5, 5.41) is 7.22. The van der Waals surface area contributed by atoms with Crippen LogP contribution in [0.5, 0.6) is 11.5 Å². The molecular weight excluding hydrogens is 302 g/mol. The van der Waals surface area contributed by atoms with Crippen molar-refractivity contribution in [3.8, 4) is 22.9 Å². The fraction of sp³-hybridized carbons (Fsp3) is 0.467. The number of rotatable bonds is 5. The molecule has 1 aromatic heterocycles. The van der Waals surface area contributed by atoms with Gasteiger partial charge < -0.3 is 14.2 Å². The summed E-state index contributed by atoms with van der Waals surface area (Å²) < 4.78 is 18.9. The van der Waals surface area contributed by atoms with E-state index in [1.807, 2.05) is 22.8 Å². The Morgan fingerprint density at radius 3 is 2.86 bits per heavy atom. The Bertz CT molecular complexity index is 704. The van der Waals surface area contributed by atoms with Crippen LogP contribution in [-0.4, -0.2) is 41.7 Å². The standard InChI is InChI=1S/C15H19N3O3S/c1-19-12-6-5-10(8-13(12)20-2)14-16-17-15(22)18(14)9-11-4-3-7-21-11/h5-6,8,11H,3-4,7,9H2,1-2H3,(H,17,22)/t11-/m0/s1. The Labute approximate surface area is 134 Å². The zero-order valence-corrected chi connectivity index (χ0v) is 13.5. The molecule has 1 atom stereocenters. The Hall–Kier alpha value is -1.86. The summed E-state index contributed by atoms with van der Waals surface area (Å²) in [5.74, 6) is 2.13. The highest BCUT2D eigenvalue weighted by Gasteiger charge is 2.19. The van der Waals surface area contributed by atoms with Gasteiger partial charge in [0.25, 0.3) is 0 Å². The van der Waals surface area contributed by atoms with Gasteiger partial charge in [-0.05, 0) is 43.3 Å². The lowest BCUT2D eigenvalue weighted by Crippen LogP contribution is -2.16. The van der Waals surface area contributed by atoms with E-state index in [2.05, 4.69) is 10.2 Å². The van der Waals surface area contributed by atoms with Gasteiger partial charge in [-0.15, -0.1) is 0 Å². The summed E-state index contributed by atoms with van der Waals surface area (Å²) in [5.41, 5.74) is 0.919. The highest BCUT2D eigenvalue weighted by molar-refractivity contribution is 7.71. The van der Waals surface area contributed by atoms with Crippen molar-refractivity contribution in [1.82, 2.24) is 14.8 Å². The van der Waals surface area contributed by atoms with Crippen LogP contribution < -0.4 is 9.47 Å². The number of ether oxygens (including phenoxy) is 3. The van der Waals surface area contributed by atoms with Crippen LogP contribution >= 0.6 is 12.2 Å². The Morgan fingerprint density at radius 1 is 1.36 bits per heavy atom. The monoisotopic (exact) mass is 321 g/mol. The molecule has 1 aliphatic heterocycles. The lowest BCUT2D eigenvalue weighted by molar-refractivity contribution is 0.0970. The first-order valence-electron chi connectivity index (χ1n) is 7.22. The predicted molar refractivity (Wildman–Crippen MR) is 84.9 cm³/mol. The van der Waals surface area contributed by atoms with Gasteiger partial charge in [0.2, 0.25) is 0 Å². The van der Waals surface area contributed by atoms with E-state index in [0.717, 1.165) is 30.8 Å². The van der Waals surface area contributed by atoms with Crippen LogP contribution in [0.1, 0.15) is 12.8 Å². The minimum Gasteiger partial charge on any atom is -0.493 e. The number of H-pyrrole nitrogens is 1. The van der Waals surface area contributed by atoms with Gasteiger partial charge >= 0.3 is 0 Å². The van der Waals surface area contributed by atoms with Crippen molar-refractivity contribution < 1.29 is 14.2 Å². The molecular formula is C15H19N3O3S. The topological polar surface area (TPSA) is 61.3 Å².